The normalized spacial score (nSPS) is 22.9. The summed E-state index contributed by atoms with van der Waals surface area (Å²) in [4.78, 5) is 7.69. The molecule has 3 aliphatic heterocycles. The lowest BCUT2D eigenvalue weighted by Gasteiger charge is -2.32. The zero-order chi connectivity index (χ0) is 33.7. The molecule has 0 radical (unpaired) electrons. The number of halogens is 1. The molecule has 2 aromatic heterocycles. The van der Waals surface area contributed by atoms with E-state index in [-0.39, 0.29) is 41.0 Å². The van der Waals surface area contributed by atoms with Gasteiger partial charge in [-0.05, 0) is 111 Å². The predicted molar refractivity (Wildman–Crippen MR) is 188 cm³/mol. The van der Waals surface area contributed by atoms with Gasteiger partial charge in [-0.1, -0.05) is 7.43 Å². The molecular weight excluding hydrogens is 641 g/mol. The first kappa shape index (κ1) is 39.1. The van der Waals surface area contributed by atoms with Crippen LogP contribution in [-0.4, -0.2) is 64.7 Å². The third-order valence-electron chi connectivity index (χ3n) is 9.29. The number of anilines is 4. The van der Waals surface area contributed by atoms with Gasteiger partial charge in [0.05, 0.1) is 45.0 Å². The molecule has 45 heavy (non-hydrogen) atoms. The van der Waals surface area contributed by atoms with Crippen LogP contribution in [0.25, 0.3) is 0 Å². The van der Waals surface area contributed by atoms with Crippen molar-refractivity contribution in [2.75, 3.05) is 22.9 Å². The van der Waals surface area contributed by atoms with Crippen molar-refractivity contribution in [3.63, 3.8) is 0 Å². The van der Waals surface area contributed by atoms with Crippen LogP contribution in [0.15, 0.2) is 29.0 Å². The van der Waals surface area contributed by atoms with Crippen LogP contribution in [0, 0.1) is 0 Å². The molecule has 5 rings (SSSR count). The van der Waals surface area contributed by atoms with E-state index in [0.717, 1.165) is 9.94 Å². The van der Waals surface area contributed by atoms with Crippen molar-refractivity contribution in [2.45, 2.75) is 124 Å². The van der Waals surface area contributed by atoms with Gasteiger partial charge in [0, 0.05) is 22.3 Å². The summed E-state index contributed by atoms with van der Waals surface area (Å²) in [5.74, 6) is 0.668. The van der Waals surface area contributed by atoms with Crippen molar-refractivity contribution in [2.24, 2.45) is 0 Å². The number of aromatic nitrogens is 2. The van der Waals surface area contributed by atoms with E-state index in [0.29, 0.717) is 23.0 Å². The Balaban J connectivity index is 0.000000245. The summed E-state index contributed by atoms with van der Waals surface area (Å²) in [6.45, 7) is 24.2. The molecule has 5 heterocycles. The molecule has 250 valence electrons. The minimum absolute atomic E-state index is 0. The number of nitrogens with two attached hydrogens (primary N) is 4. The highest BCUT2D eigenvalue weighted by atomic mass is 79.9. The van der Waals surface area contributed by atoms with E-state index in [2.05, 4.69) is 25.9 Å². The number of nitrogens with zero attached hydrogens (tertiary/aromatic N) is 2. The molecule has 2 aromatic rings. The molecule has 3 saturated heterocycles. The van der Waals surface area contributed by atoms with E-state index >= 15 is 0 Å². The Labute approximate surface area is 278 Å². The summed E-state index contributed by atoms with van der Waals surface area (Å²) in [6.07, 6.45) is 3.20. The minimum atomic E-state index is -0.495. The van der Waals surface area contributed by atoms with Crippen LogP contribution in [-0.2, 0) is 27.9 Å². The summed E-state index contributed by atoms with van der Waals surface area (Å²) in [7, 11) is -1.45. The van der Waals surface area contributed by atoms with Crippen molar-refractivity contribution in [1.29, 1.82) is 0 Å². The van der Waals surface area contributed by atoms with Crippen LogP contribution in [0.1, 0.15) is 90.5 Å². The molecule has 0 spiro atoms. The number of hydrogen-bond acceptors (Lipinski definition) is 12. The van der Waals surface area contributed by atoms with Gasteiger partial charge in [0.15, 0.2) is 0 Å². The summed E-state index contributed by atoms with van der Waals surface area (Å²) in [6, 6.07) is 3.51. The number of pyridine rings is 2. The highest BCUT2D eigenvalue weighted by Gasteiger charge is 2.63. The minimum Gasteiger partial charge on any atom is -0.405 e. The zero-order valence-corrected chi connectivity index (χ0v) is 29.7. The summed E-state index contributed by atoms with van der Waals surface area (Å²) in [5, 5.41) is 0. The topological polar surface area (TPSA) is 185 Å². The summed E-state index contributed by atoms with van der Waals surface area (Å²) >= 11 is 3.20. The maximum absolute atomic E-state index is 5.96. The van der Waals surface area contributed by atoms with Crippen LogP contribution < -0.4 is 28.4 Å². The van der Waals surface area contributed by atoms with E-state index in [9.17, 15) is 0 Å². The Morgan fingerprint density at radius 1 is 0.533 bits per heavy atom. The fraction of sp³-hybridized carbons (Fsp3) is 0.655. The van der Waals surface area contributed by atoms with E-state index in [1.54, 1.807) is 24.5 Å². The Morgan fingerprint density at radius 2 is 0.844 bits per heavy atom. The van der Waals surface area contributed by atoms with Crippen LogP contribution >= 0.6 is 15.9 Å². The first-order valence-corrected chi connectivity index (χ1v) is 15.4. The zero-order valence-electron chi connectivity index (χ0n) is 28.1. The smallest absolute Gasteiger partial charge is 0.405 e. The molecule has 0 saturated carbocycles. The van der Waals surface area contributed by atoms with Gasteiger partial charge >= 0.3 is 21.1 Å². The van der Waals surface area contributed by atoms with Gasteiger partial charge in [-0.3, -0.25) is 0 Å². The van der Waals surface area contributed by atoms with Gasteiger partial charge in [0.2, 0.25) is 0 Å². The SMILES string of the molecule is C.CC1(C)OB(B2OC(C)(C)C(C)(C)O2)OC1(C)C.CC1(C)OB(c2ccnc(N)c2N)OC1(C)C.Nc1nccc(Br)c1N. The molecule has 0 aromatic carbocycles. The first-order valence-electron chi connectivity index (χ1n) is 14.6. The third-order valence-corrected chi connectivity index (χ3v) is 9.99. The molecule has 3 fully saturated rings. The largest absolute Gasteiger partial charge is 0.497 e. The monoisotopic (exact) mass is 692 g/mol. The second-order valence-corrected chi connectivity index (χ2v) is 15.0. The maximum Gasteiger partial charge on any atom is 0.497 e. The van der Waals surface area contributed by atoms with E-state index in [4.69, 9.17) is 50.9 Å². The Morgan fingerprint density at radius 3 is 1.18 bits per heavy atom. The van der Waals surface area contributed by atoms with Gasteiger partial charge in [0.1, 0.15) is 11.6 Å². The molecule has 0 atom stereocenters. The molecule has 3 aliphatic rings. The van der Waals surface area contributed by atoms with Crippen LogP contribution in [0.5, 0.6) is 0 Å². The summed E-state index contributed by atoms with van der Waals surface area (Å²) in [5.41, 5.74) is 21.8. The van der Waals surface area contributed by atoms with E-state index in [1.807, 2.05) is 83.1 Å². The van der Waals surface area contributed by atoms with Crippen molar-refractivity contribution in [3.8, 4) is 0 Å². The lowest BCUT2D eigenvalue weighted by Crippen LogP contribution is -2.41. The van der Waals surface area contributed by atoms with Gasteiger partial charge in [0.25, 0.3) is 0 Å². The van der Waals surface area contributed by atoms with E-state index < -0.39 is 21.1 Å². The number of hydrogen-bond donors (Lipinski definition) is 4. The lowest BCUT2D eigenvalue weighted by molar-refractivity contribution is 0.00578. The molecule has 0 amide bonds. The molecular formula is C29H52B3BrN6O6. The quantitative estimate of drug-likeness (QED) is 0.325. The van der Waals surface area contributed by atoms with Crippen LogP contribution in [0.2, 0.25) is 0 Å². The second-order valence-electron chi connectivity index (χ2n) is 14.1. The van der Waals surface area contributed by atoms with Crippen LogP contribution in [0.4, 0.5) is 23.0 Å². The second kappa shape index (κ2) is 13.2. The number of rotatable bonds is 2. The van der Waals surface area contributed by atoms with Crippen LogP contribution in [0.3, 0.4) is 0 Å². The van der Waals surface area contributed by atoms with Gasteiger partial charge in [-0.2, -0.15) is 0 Å². The Hall–Kier alpha value is -2.07. The molecule has 0 aliphatic carbocycles. The molecule has 0 bridgehead atoms. The van der Waals surface area contributed by atoms with Crippen molar-refractivity contribution in [3.05, 3.63) is 29.0 Å². The first-order chi connectivity index (χ1) is 19.8. The third kappa shape index (κ3) is 8.09. The van der Waals surface area contributed by atoms with Crippen molar-refractivity contribution in [1.82, 2.24) is 9.97 Å². The summed E-state index contributed by atoms with van der Waals surface area (Å²) < 4.78 is 36.4. The molecule has 8 N–H and O–H groups in total. The average Bonchev–Trinajstić information content (AvgIpc) is 3.33. The van der Waals surface area contributed by atoms with E-state index in [1.165, 1.54) is 0 Å². The average molecular weight is 693 g/mol. The highest BCUT2D eigenvalue weighted by Crippen LogP contribution is 2.43. The lowest BCUT2D eigenvalue weighted by atomic mass is 9.49. The van der Waals surface area contributed by atoms with Gasteiger partial charge in [-0.15, -0.1) is 0 Å². The molecule has 12 nitrogen and oxygen atoms in total. The highest BCUT2D eigenvalue weighted by molar-refractivity contribution is 9.10. The van der Waals surface area contributed by atoms with Crippen molar-refractivity contribution >= 4 is 65.5 Å². The fourth-order valence-corrected chi connectivity index (χ4v) is 4.47. The fourth-order valence-electron chi connectivity index (χ4n) is 4.14. The van der Waals surface area contributed by atoms with Gasteiger partial charge in [-0.25, -0.2) is 9.97 Å². The van der Waals surface area contributed by atoms with Crippen molar-refractivity contribution < 1.29 is 27.9 Å². The molecule has 0 unspecified atom stereocenters. The number of nitrogen functional groups attached to an aromatic ring is 4. The Bertz CT molecular complexity index is 1250. The molecule has 16 heteroatoms. The standard InChI is InChI=1S/C12H24B2O4.C11H18BN3O2.C5H6BrN3.CH4/c1-9(2)10(3,4)16-13(15-9)14-17-11(5,6)12(7,8)18-14;1-10(2)11(3,4)17-12(16-10)7-5-6-15-9(14)8(7)13;6-3-1-2-9-5(8)4(3)7;/h1-8H3;5-6H,13H2,1-4H3,(H2,14,15);1-2H,7H2,(H2,8,9);1H4. The van der Waals surface area contributed by atoms with Gasteiger partial charge < -0.3 is 50.9 Å². The predicted octanol–water partition coefficient (Wildman–Crippen LogP) is 4.44. The maximum atomic E-state index is 5.96. The Kier molecular flexibility index (Phi) is 11.5.